The van der Waals surface area contributed by atoms with Gasteiger partial charge in [-0.1, -0.05) is 18.2 Å². The lowest BCUT2D eigenvalue weighted by Crippen LogP contribution is -2.04. The van der Waals surface area contributed by atoms with Crippen LogP contribution in [0.5, 0.6) is 5.75 Å². The first-order valence-electron chi connectivity index (χ1n) is 8.98. The molecule has 0 aliphatic carbocycles. The molecule has 2 aromatic carbocycles. The molecule has 6 nitrogen and oxygen atoms in total. The third-order valence-electron chi connectivity index (χ3n) is 4.86. The van der Waals surface area contributed by atoms with Gasteiger partial charge < -0.3 is 10.5 Å². The van der Waals surface area contributed by atoms with Crippen LogP contribution in [0.4, 0.5) is 10.2 Å². The van der Waals surface area contributed by atoms with Crippen molar-refractivity contribution in [3.8, 4) is 28.3 Å². The maximum atomic E-state index is 14.9. The summed E-state index contributed by atoms with van der Waals surface area (Å²) in [6, 6.07) is 14.5. The number of para-hydroxylation sites is 1. The number of rotatable bonds is 3. The number of hydrogen-bond donors (Lipinski definition) is 1. The lowest BCUT2D eigenvalue weighted by molar-refractivity contribution is 0.416. The predicted octanol–water partition coefficient (Wildman–Crippen LogP) is 4.34. The van der Waals surface area contributed by atoms with Crippen molar-refractivity contribution < 1.29 is 9.13 Å². The van der Waals surface area contributed by atoms with Crippen LogP contribution in [0.1, 0.15) is 0 Å². The summed E-state index contributed by atoms with van der Waals surface area (Å²) in [6.45, 7) is 0. The van der Waals surface area contributed by atoms with Gasteiger partial charge in [0.05, 0.1) is 12.8 Å². The van der Waals surface area contributed by atoms with Crippen LogP contribution in [0.2, 0.25) is 0 Å². The molecule has 0 fully saturated rings. The molecule has 5 aromatic rings. The van der Waals surface area contributed by atoms with E-state index in [0.29, 0.717) is 39.3 Å². The Morgan fingerprint density at radius 1 is 1.03 bits per heavy atom. The summed E-state index contributed by atoms with van der Waals surface area (Å²) >= 11 is 0. The standard InChI is InChI=1S/C22H16FN5O/c1-29-17-7-3-2-6-15(17)19-20(28-10-9-26-22(28)21(24)27-19)14-11-13-5-4-8-25-18(13)16(23)12-14/h2-12H,1H3,(H2,24,27). The van der Waals surface area contributed by atoms with E-state index in [-0.39, 0.29) is 5.82 Å². The van der Waals surface area contributed by atoms with Crippen molar-refractivity contribution in [2.75, 3.05) is 12.8 Å². The van der Waals surface area contributed by atoms with Gasteiger partial charge in [-0.2, -0.15) is 0 Å². The molecule has 0 spiro atoms. The van der Waals surface area contributed by atoms with E-state index >= 15 is 0 Å². The summed E-state index contributed by atoms with van der Waals surface area (Å²) in [7, 11) is 1.60. The third kappa shape index (κ3) is 2.67. The number of hydrogen-bond acceptors (Lipinski definition) is 5. The minimum Gasteiger partial charge on any atom is -0.496 e. The number of nitrogen functional groups attached to an aromatic ring is 1. The van der Waals surface area contributed by atoms with E-state index < -0.39 is 5.82 Å². The van der Waals surface area contributed by atoms with Gasteiger partial charge in [0.15, 0.2) is 11.5 Å². The van der Waals surface area contributed by atoms with Crippen LogP contribution in [0.15, 0.2) is 67.1 Å². The van der Waals surface area contributed by atoms with Gasteiger partial charge in [-0.15, -0.1) is 0 Å². The smallest absolute Gasteiger partial charge is 0.180 e. The monoisotopic (exact) mass is 385 g/mol. The molecule has 0 saturated carbocycles. The molecule has 7 heteroatoms. The molecule has 2 N–H and O–H groups in total. The molecular formula is C22H16FN5O. The zero-order valence-corrected chi connectivity index (χ0v) is 15.5. The predicted molar refractivity (Wildman–Crippen MR) is 110 cm³/mol. The molecule has 0 atom stereocenters. The number of halogens is 1. The fraction of sp³-hybridized carbons (Fsp3) is 0.0455. The second kappa shape index (κ2) is 6.56. The zero-order chi connectivity index (χ0) is 20.0. The first-order valence-corrected chi connectivity index (χ1v) is 8.98. The van der Waals surface area contributed by atoms with Gasteiger partial charge in [-0.25, -0.2) is 14.4 Å². The molecule has 142 valence electrons. The second-order valence-electron chi connectivity index (χ2n) is 6.55. The highest BCUT2D eigenvalue weighted by Gasteiger charge is 2.20. The first-order chi connectivity index (χ1) is 14.2. The van der Waals surface area contributed by atoms with Crippen molar-refractivity contribution in [2.24, 2.45) is 0 Å². The van der Waals surface area contributed by atoms with Crippen LogP contribution in [-0.2, 0) is 0 Å². The Morgan fingerprint density at radius 2 is 1.90 bits per heavy atom. The zero-order valence-electron chi connectivity index (χ0n) is 15.5. The SMILES string of the molecule is COc1ccccc1-c1nc(N)c2nccn2c1-c1cc(F)c2ncccc2c1. The minimum absolute atomic E-state index is 0.280. The summed E-state index contributed by atoms with van der Waals surface area (Å²) in [5, 5.41) is 0.693. The number of nitrogens with two attached hydrogens (primary N) is 1. The Balaban J connectivity index is 1.90. The fourth-order valence-corrected chi connectivity index (χ4v) is 3.60. The highest BCUT2D eigenvalue weighted by molar-refractivity contribution is 5.90. The van der Waals surface area contributed by atoms with Gasteiger partial charge in [0.25, 0.3) is 0 Å². The largest absolute Gasteiger partial charge is 0.496 e. The van der Waals surface area contributed by atoms with Crippen molar-refractivity contribution in [2.45, 2.75) is 0 Å². The topological polar surface area (TPSA) is 78.3 Å². The average molecular weight is 385 g/mol. The van der Waals surface area contributed by atoms with E-state index in [4.69, 9.17) is 10.5 Å². The van der Waals surface area contributed by atoms with Gasteiger partial charge >= 0.3 is 0 Å². The molecule has 0 aliphatic heterocycles. The van der Waals surface area contributed by atoms with Crippen LogP contribution < -0.4 is 10.5 Å². The molecule has 0 aliphatic rings. The Labute approximate surface area is 165 Å². The highest BCUT2D eigenvalue weighted by atomic mass is 19.1. The van der Waals surface area contributed by atoms with E-state index in [9.17, 15) is 4.39 Å². The second-order valence-corrected chi connectivity index (χ2v) is 6.55. The molecule has 0 radical (unpaired) electrons. The summed E-state index contributed by atoms with van der Waals surface area (Å²) in [5.74, 6) is 0.514. The van der Waals surface area contributed by atoms with Crippen LogP contribution >= 0.6 is 0 Å². The molecule has 3 heterocycles. The Morgan fingerprint density at radius 3 is 2.76 bits per heavy atom. The van der Waals surface area contributed by atoms with Gasteiger partial charge in [-0.05, 0) is 30.3 Å². The van der Waals surface area contributed by atoms with E-state index in [0.717, 1.165) is 5.56 Å². The first kappa shape index (κ1) is 17.1. The Kier molecular flexibility index (Phi) is 3.87. The van der Waals surface area contributed by atoms with Crippen molar-refractivity contribution in [1.82, 2.24) is 19.4 Å². The quantitative estimate of drug-likeness (QED) is 0.500. The van der Waals surface area contributed by atoms with E-state index in [2.05, 4.69) is 15.0 Å². The number of fused-ring (bicyclic) bond motifs is 2. The molecular weight excluding hydrogens is 369 g/mol. The number of benzene rings is 2. The summed E-state index contributed by atoms with van der Waals surface area (Å²) in [6.07, 6.45) is 5.00. The molecule has 3 aromatic heterocycles. The minimum atomic E-state index is -0.408. The number of anilines is 1. The molecule has 0 saturated heterocycles. The number of methoxy groups -OCH3 is 1. The number of imidazole rings is 1. The van der Waals surface area contributed by atoms with Crippen LogP contribution in [-0.4, -0.2) is 26.5 Å². The maximum Gasteiger partial charge on any atom is 0.180 e. The maximum absolute atomic E-state index is 14.9. The van der Waals surface area contributed by atoms with E-state index in [1.165, 1.54) is 6.07 Å². The van der Waals surface area contributed by atoms with Crippen LogP contribution in [0, 0.1) is 5.82 Å². The normalized spacial score (nSPS) is 11.2. The van der Waals surface area contributed by atoms with Crippen molar-refractivity contribution in [3.63, 3.8) is 0 Å². The van der Waals surface area contributed by atoms with Gasteiger partial charge in [0.2, 0.25) is 0 Å². The molecule has 0 bridgehead atoms. The van der Waals surface area contributed by atoms with Crippen molar-refractivity contribution in [3.05, 3.63) is 72.9 Å². The summed E-state index contributed by atoms with van der Waals surface area (Å²) in [5.41, 5.74) is 9.63. The molecule has 0 amide bonds. The van der Waals surface area contributed by atoms with E-state index in [1.54, 1.807) is 31.8 Å². The summed E-state index contributed by atoms with van der Waals surface area (Å²) < 4.78 is 22.2. The third-order valence-corrected chi connectivity index (χ3v) is 4.86. The Hall–Kier alpha value is -4.00. The Bertz CT molecular complexity index is 1380. The number of aromatic nitrogens is 4. The van der Waals surface area contributed by atoms with Crippen molar-refractivity contribution in [1.29, 1.82) is 0 Å². The number of pyridine rings is 1. The lowest BCUT2D eigenvalue weighted by Gasteiger charge is -2.16. The summed E-state index contributed by atoms with van der Waals surface area (Å²) in [4.78, 5) is 13.1. The fourth-order valence-electron chi connectivity index (χ4n) is 3.60. The average Bonchev–Trinajstić information content (AvgIpc) is 3.24. The van der Waals surface area contributed by atoms with Gasteiger partial charge in [0, 0.05) is 35.1 Å². The van der Waals surface area contributed by atoms with E-state index in [1.807, 2.05) is 40.8 Å². The molecule has 0 unspecified atom stereocenters. The number of ether oxygens (including phenoxy) is 1. The van der Waals surface area contributed by atoms with Crippen LogP contribution in [0.3, 0.4) is 0 Å². The van der Waals surface area contributed by atoms with Crippen LogP contribution in [0.25, 0.3) is 39.1 Å². The lowest BCUT2D eigenvalue weighted by atomic mass is 10.0. The molecule has 29 heavy (non-hydrogen) atoms. The van der Waals surface area contributed by atoms with Gasteiger partial charge in [0.1, 0.15) is 22.8 Å². The van der Waals surface area contributed by atoms with Gasteiger partial charge in [-0.3, -0.25) is 9.38 Å². The number of nitrogens with zero attached hydrogens (tertiary/aromatic N) is 4. The highest BCUT2D eigenvalue weighted by Crippen LogP contribution is 2.38. The molecule has 5 rings (SSSR count). The van der Waals surface area contributed by atoms with Crippen molar-refractivity contribution >= 4 is 22.4 Å².